The molecule has 2 aliphatic heterocycles. The molecule has 0 bridgehead atoms. The van der Waals surface area contributed by atoms with Gasteiger partial charge in [-0.3, -0.25) is 4.79 Å². The van der Waals surface area contributed by atoms with Crippen molar-refractivity contribution in [1.29, 1.82) is 0 Å². The molecule has 0 spiro atoms. The van der Waals surface area contributed by atoms with Crippen molar-refractivity contribution in [1.82, 2.24) is 9.80 Å². The van der Waals surface area contributed by atoms with Crippen LogP contribution in [0.2, 0.25) is 0 Å². The summed E-state index contributed by atoms with van der Waals surface area (Å²) >= 11 is 0. The normalized spacial score (nSPS) is 22.9. The maximum atomic E-state index is 13.5. The number of hydrogen-bond donors (Lipinski definition) is 0. The van der Waals surface area contributed by atoms with Crippen molar-refractivity contribution in [3.63, 3.8) is 0 Å². The van der Waals surface area contributed by atoms with Crippen LogP contribution in [0.25, 0.3) is 0 Å². The fourth-order valence-electron chi connectivity index (χ4n) is 4.20. The van der Waals surface area contributed by atoms with Gasteiger partial charge in [-0.15, -0.1) is 0 Å². The summed E-state index contributed by atoms with van der Waals surface area (Å²) in [5, 5.41) is 0. The second-order valence-electron chi connectivity index (χ2n) is 9.40. The van der Waals surface area contributed by atoms with Crippen LogP contribution < -0.4 is 0 Å². The third-order valence-electron chi connectivity index (χ3n) is 5.77. The zero-order valence-corrected chi connectivity index (χ0v) is 19.0. The monoisotopic (exact) mass is 412 g/mol. The highest BCUT2D eigenvalue weighted by Gasteiger charge is 2.45. The maximum absolute atomic E-state index is 13.5. The van der Waals surface area contributed by atoms with E-state index in [1.165, 1.54) is 0 Å². The lowest BCUT2D eigenvalue weighted by molar-refractivity contribution is -0.149. The number of piperidine rings is 1. The molecule has 2 amide bonds. The van der Waals surface area contributed by atoms with E-state index in [-0.39, 0.29) is 18.1 Å². The second kappa shape index (κ2) is 10.6. The van der Waals surface area contributed by atoms with Gasteiger partial charge in [0.15, 0.2) is 0 Å². The Morgan fingerprint density at radius 3 is 2.31 bits per heavy atom. The average molecular weight is 413 g/mol. The van der Waals surface area contributed by atoms with Crippen LogP contribution in [0, 0.1) is 5.41 Å². The predicted octanol–water partition coefficient (Wildman–Crippen LogP) is 3.46. The number of likely N-dealkylation sites (tertiary alicyclic amines) is 2. The summed E-state index contributed by atoms with van der Waals surface area (Å²) in [5.74, 6) is 0.166. The van der Waals surface area contributed by atoms with Crippen LogP contribution in [0.4, 0.5) is 4.79 Å². The van der Waals surface area contributed by atoms with E-state index in [0.717, 1.165) is 45.4 Å². The summed E-state index contributed by atoms with van der Waals surface area (Å²) < 4.78 is 16.9. The molecular weight excluding hydrogens is 372 g/mol. The highest BCUT2D eigenvalue weighted by atomic mass is 16.6. The summed E-state index contributed by atoms with van der Waals surface area (Å²) in [6.45, 7) is 11.4. The molecule has 29 heavy (non-hydrogen) atoms. The largest absolute Gasteiger partial charge is 0.444 e. The molecule has 2 rings (SSSR count). The van der Waals surface area contributed by atoms with Gasteiger partial charge in [-0.25, -0.2) is 4.79 Å². The van der Waals surface area contributed by atoms with Crippen molar-refractivity contribution < 1.29 is 23.8 Å². The van der Waals surface area contributed by atoms with Gasteiger partial charge in [0.1, 0.15) is 5.60 Å². The molecule has 0 aromatic rings. The zero-order chi connectivity index (χ0) is 21.5. The first-order valence-corrected chi connectivity index (χ1v) is 11.1. The molecule has 0 aromatic carbocycles. The Hall–Kier alpha value is -1.34. The lowest BCUT2D eigenvalue weighted by atomic mass is 9.77. The molecule has 2 heterocycles. The number of methoxy groups -OCH3 is 1. The Bertz CT molecular complexity index is 538. The fraction of sp³-hybridized carbons (Fsp3) is 0.909. The summed E-state index contributed by atoms with van der Waals surface area (Å²) in [5.41, 5.74) is -1.08. The van der Waals surface area contributed by atoms with Crippen LogP contribution in [0.5, 0.6) is 0 Å². The lowest BCUT2D eigenvalue weighted by Gasteiger charge is -2.42. The number of rotatable bonds is 6. The van der Waals surface area contributed by atoms with Crippen LogP contribution in [0.15, 0.2) is 0 Å². The summed E-state index contributed by atoms with van der Waals surface area (Å²) in [7, 11) is 1.65. The van der Waals surface area contributed by atoms with Gasteiger partial charge in [-0.2, -0.15) is 0 Å². The van der Waals surface area contributed by atoms with Crippen molar-refractivity contribution in [3.8, 4) is 0 Å². The third-order valence-corrected chi connectivity index (χ3v) is 5.77. The molecule has 0 aliphatic carbocycles. The van der Waals surface area contributed by atoms with Gasteiger partial charge in [0, 0.05) is 39.9 Å². The zero-order valence-electron chi connectivity index (χ0n) is 19.0. The van der Waals surface area contributed by atoms with E-state index in [9.17, 15) is 9.59 Å². The van der Waals surface area contributed by atoms with Gasteiger partial charge < -0.3 is 24.0 Å². The van der Waals surface area contributed by atoms with Gasteiger partial charge in [0.25, 0.3) is 0 Å². The Balaban J connectivity index is 1.98. The van der Waals surface area contributed by atoms with Crippen LogP contribution in [0.1, 0.15) is 66.2 Å². The standard InChI is InChI=1S/C22H40N2O5/c1-6-16-28-18-8-7-12-23(13-9-18)19(25)22(17-27-5)10-14-24(15-11-22)20(26)29-21(2,3)4/h18H,6-17H2,1-5H3/t18-/m1/s1. The quantitative estimate of drug-likeness (QED) is 0.668. The smallest absolute Gasteiger partial charge is 0.410 e. The molecule has 0 aromatic heterocycles. The Morgan fingerprint density at radius 1 is 1.03 bits per heavy atom. The molecule has 168 valence electrons. The van der Waals surface area contributed by atoms with Gasteiger partial charge in [-0.1, -0.05) is 6.92 Å². The first-order chi connectivity index (χ1) is 13.7. The first kappa shape index (κ1) is 23.9. The van der Waals surface area contributed by atoms with Gasteiger partial charge in [0.2, 0.25) is 5.91 Å². The van der Waals surface area contributed by atoms with Gasteiger partial charge in [0.05, 0.1) is 18.1 Å². The number of carbonyl (C=O) groups is 2. The van der Waals surface area contributed by atoms with Crippen molar-refractivity contribution in [2.75, 3.05) is 46.5 Å². The highest BCUT2D eigenvalue weighted by molar-refractivity contribution is 5.83. The molecule has 2 fully saturated rings. The minimum atomic E-state index is -0.558. The van der Waals surface area contributed by atoms with Crippen LogP contribution in [-0.2, 0) is 19.0 Å². The molecule has 0 N–H and O–H groups in total. The number of amides is 2. The van der Waals surface area contributed by atoms with E-state index >= 15 is 0 Å². The van der Waals surface area contributed by atoms with Crippen molar-refractivity contribution in [2.45, 2.75) is 77.9 Å². The van der Waals surface area contributed by atoms with Crippen molar-refractivity contribution >= 4 is 12.0 Å². The minimum absolute atomic E-state index is 0.166. The molecule has 0 unspecified atom stereocenters. The van der Waals surface area contributed by atoms with Crippen LogP contribution in [-0.4, -0.2) is 80.0 Å². The van der Waals surface area contributed by atoms with Gasteiger partial charge >= 0.3 is 6.09 Å². The highest BCUT2D eigenvalue weighted by Crippen LogP contribution is 2.35. The van der Waals surface area contributed by atoms with Crippen molar-refractivity contribution in [2.24, 2.45) is 5.41 Å². The minimum Gasteiger partial charge on any atom is -0.444 e. The molecule has 0 radical (unpaired) electrons. The second-order valence-corrected chi connectivity index (χ2v) is 9.40. The fourth-order valence-corrected chi connectivity index (χ4v) is 4.20. The summed E-state index contributed by atoms with van der Waals surface area (Å²) in [4.78, 5) is 29.6. The van der Waals surface area contributed by atoms with Crippen LogP contribution >= 0.6 is 0 Å². The Kier molecular flexibility index (Phi) is 8.76. The van der Waals surface area contributed by atoms with E-state index in [1.54, 1.807) is 12.0 Å². The average Bonchev–Trinajstić information content (AvgIpc) is 2.90. The molecule has 7 heteroatoms. The lowest BCUT2D eigenvalue weighted by Crippen LogP contribution is -2.54. The van der Waals surface area contributed by atoms with E-state index < -0.39 is 11.0 Å². The van der Waals surface area contributed by atoms with E-state index in [2.05, 4.69) is 6.92 Å². The third kappa shape index (κ3) is 6.85. The number of nitrogens with zero attached hydrogens (tertiary/aromatic N) is 2. The number of hydrogen-bond acceptors (Lipinski definition) is 5. The predicted molar refractivity (Wildman–Crippen MR) is 112 cm³/mol. The molecule has 0 saturated carbocycles. The summed E-state index contributed by atoms with van der Waals surface area (Å²) in [6, 6.07) is 0. The van der Waals surface area contributed by atoms with E-state index in [4.69, 9.17) is 14.2 Å². The SMILES string of the molecule is CCCO[C@@H]1CCCN(C(=O)C2(COC)CCN(C(=O)OC(C)(C)C)CC2)CC1. The molecule has 2 saturated heterocycles. The topological polar surface area (TPSA) is 68.3 Å². The Morgan fingerprint density at radius 2 is 1.72 bits per heavy atom. The molecule has 1 atom stereocenters. The summed E-state index contributed by atoms with van der Waals surface area (Å²) in [6.07, 6.45) is 5.03. The number of ether oxygens (including phenoxy) is 3. The molecule has 2 aliphatic rings. The molecular formula is C22H40N2O5. The van der Waals surface area contributed by atoms with E-state index in [0.29, 0.717) is 32.5 Å². The maximum Gasteiger partial charge on any atom is 0.410 e. The van der Waals surface area contributed by atoms with E-state index in [1.807, 2.05) is 25.7 Å². The van der Waals surface area contributed by atoms with Crippen molar-refractivity contribution in [3.05, 3.63) is 0 Å². The Labute approximate surface area is 176 Å². The molecule has 7 nitrogen and oxygen atoms in total. The first-order valence-electron chi connectivity index (χ1n) is 11.1. The van der Waals surface area contributed by atoms with Gasteiger partial charge in [-0.05, 0) is 59.3 Å². The number of carbonyl (C=O) groups excluding carboxylic acids is 2. The van der Waals surface area contributed by atoms with Crippen LogP contribution in [0.3, 0.4) is 0 Å².